The van der Waals surface area contributed by atoms with Crippen LogP contribution >= 0.6 is 0 Å². The summed E-state index contributed by atoms with van der Waals surface area (Å²) >= 11 is 0. The number of unbranched alkanes of at least 4 members (excludes halogenated alkanes) is 2. The zero-order valence-corrected chi connectivity index (χ0v) is 18.1. The van der Waals surface area contributed by atoms with Crippen LogP contribution in [0.25, 0.3) is 5.70 Å². The Morgan fingerprint density at radius 3 is 2.21 bits per heavy atom. The number of halogens is 1. The highest BCUT2D eigenvalue weighted by molar-refractivity contribution is 5.61. The third-order valence-electron chi connectivity index (χ3n) is 4.70. The van der Waals surface area contributed by atoms with Gasteiger partial charge in [-0.15, -0.1) is 6.58 Å². The van der Waals surface area contributed by atoms with Gasteiger partial charge in [0.15, 0.2) is 0 Å². The molecule has 0 aliphatic rings. The number of allylic oxidation sites excluding steroid dienone is 1. The molecule has 0 saturated carbocycles. The molecule has 2 heteroatoms. The Morgan fingerprint density at radius 2 is 1.64 bits per heavy atom. The molecule has 1 nitrogen and oxygen atoms in total. The summed E-state index contributed by atoms with van der Waals surface area (Å²) < 4.78 is 12.5. The summed E-state index contributed by atoms with van der Waals surface area (Å²) in [7, 11) is 0. The molecule has 28 heavy (non-hydrogen) atoms. The fraction of sp³-hybridized carbons (Fsp3) is 0.385. The molecule has 0 heterocycles. The molecule has 0 spiro atoms. The molecule has 0 bridgehead atoms. The molecule has 2 aromatic rings. The average molecular weight is 382 g/mol. The normalized spacial score (nSPS) is 10.0. The molecule has 1 N–H and O–H groups in total. The minimum Gasteiger partial charge on any atom is -0.385 e. The molecule has 2 aromatic carbocycles. The number of hydrogen-bond acceptors (Lipinski definition) is 1. The number of aryl methyl sites for hydroxylation is 3. The van der Waals surface area contributed by atoms with Crippen molar-refractivity contribution in [3.8, 4) is 0 Å². The molecule has 152 valence electrons. The van der Waals surface area contributed by atoms with Crippen LogP contribution in [0.2, 0.25) is 0 Å². The summed E-state index contributed by atoms with van der Waals surface area (Å²) in [5, 5.41) is 3.39. The summed E-state index contributed by atoms with van der Waals surface area (Å²) in [4.78, 5) is 0. The molecular formula is C26H36FN. The first-order chi connectivity index (χ1) is 13.3. The minimum atomic E-state index is -0.144. The number of rotatable bonds is 9. The monoisotopic (exact) mass is 381 g/mol. The molecule has 0 aliphatic heterocycles. The highest BCUT2D eigenvalue weighted by Crippen LogP contribution is 2.11. The van der Waals surface area contributed by atoms with Crippen LogP contribution in [0.5, 0.6) is 0 Å². The van der Waals surface area contributed by atoms with Crippen molar-refractivity contribution in [2.75, 3.05) is 6.54 Å². The fourth-order valence-corrected chi connectivity index (χ4v) is 2.88. The Labute approximate surface area is 171 Å². The second kappa shape index (κ2) is 12.9. The van der Waals surface area contributed by atoms with Crippen LogP contribution in [-0.2, 0) is 6.42 Å². The summed E-state index contributed by atoms with van der Waals surface area (Å²) in [6, 6.07) is 13.4. The van der Waals surface area contributed by atoms with Crippen molar-refractivity contribution in [3.63, 3.8) is 0 Å². The van der Waals surface area contributed by atoms with E-state index in [1.165, 1.54) is 47.6 Å². The molecule has 0 aliphatic carbocycles. The van der Waals surface area contributed by atoms with E-state index in [4.69, 9.17) is 0 Å². The lowest BCUT2D eigenvalue weighted by Crippen LogP contribution is -2.12. The van der Waals surface area contributed by atoms with Crippen molar-refractivity contribution in [1.29, 1.82) is 0 Å². The summed E-state index contributed by atoms with van der Waals surface area (Å²) in [6.45, 7) is 17.2. The van der Waals surface area contributed by atoms with Gasteiger partial charge in [-0.25, -0.2) is 4.39 Å². The Hall–Kier alpha value is -2.35. The van der Waals surface area contributed by atoms with Crippen LogP contribution < -0.4 is 5.32 Å². The lowest BCUT2D eigenvalue weighted by Gasteiger charge is -2.10. The van der Waals surface area contributed by atoms with Gasteiger partial charge in [-0.05, 0) is 75.3 Å². The molecule has 0 radical (unpaired) electrons. The van der Waals surface area contributed by atoms with Crippen molar-refractivity contribution in [1.82, 2.24) is 5.32 Å². The Morgan fingerprint density at radius 1 is 0.964 bits per heavy atom. The predicted octanol–water partition coefficient (Wildman–Crippen LogP) is 7.39. The van der Waals surface area contributed by atoms with Crippen LogP contribution in [0.4, 0.5) is 4.39 Å². The van der Waals surface area contributed by atoms with Crippen molar-refractivity contribution in [2.24, 2.45) is 0 Å². The Kier molecular flexibility index (Phi) is 10.9. The third-order valence-corrected chi connectivity index (χ3v) is 4.70. The van der Waals surface area contributed by atoms with Gasteiger partial charge in [-0.1, -0.05) is 61.4 Å². The van der Waals surface area contributed by atoms with Gasteiger partial charge in [-0.2, -0.15) is 0 Å². The lowest BCUT2D eigenvalue weighted by molar-refractivity contribution is 0.625. The summed E-state index contributed by atoms with van der Waals surface area (Å²) in [6.07, 6.45) is 5.82. The van der Waals surface area contributed by atoms with Crippen molar-refractivity contribution in [2.45, 2.75) is 59.8 Å². The van der Waals surface area contributed by atoms with E-state index < -0.39 is 0 Å². The fourth-order valence-electron chi connectivity index (χ4n) is 2.88. The zero-order valence-electron chi connectivity index (χ0n) is 18.1. The van der Waals surface area contributed by atoms with Crippen molar-refractivity contribution >= 4 is 5.70 Å². The van der Waals surface area contributed by atoms with Gasteiger partial charge in [0, 0.05) is 12.2 Å². The summed E-state index contributed by atoms with van der Waals surface area (Å²) in [5.74, 6) is -0.144. The molecule has 0 aromatic heterocycles. The van der Waals surface area contributed by atoms with Gasteiger partial charge >= 0.3 is 0 Å². The highest BCUT2D eigenvalue weighted by atomic mass is 19.1. The van der Waals surface area contributed by atoms with E-state index in [1.54, 1.807) is 6.07 Å². The first-order valence-corrected chi connectivity index (χ1v) is 10.2. The molecule has 0 unspecified atom stereocenters. The average Bonchev–Trinajstić information content (AvgIpc) is 2.65. The maximum Gasteiger partial charge on any atom is 0.123 e. The van der Waals surface area contributed by atoms with Gasteiger partial charge < -0.3 is 5.32 Å². The Balaban J connectivity index is 0.000000330. The van der Waals surface area contributed by atoms with E-state index in [0.717, 1.165) is 30.6 Å². The second-order valence-electron chi connectivity index (χ2n) is 7.46. The van der Waals surface area contributed by atoms with E-state index >= 15 is 0 Å². The zero-order chi connectivity index (χ0) is 20.9. The number of benzene rings is 2. The topological polar surface area (TPSA) is 12.0 Å². The molecule has 0 amide bonds. The van der Waals surface area contributed by atoms with E-state index in [2.05, 4.69) is 63.5 Å². The van der Waals surface area contributed by atoms with Gasteiger partial charge in [0.1, 0.15) is 5.82 Å². The third kappa shape index (κ3) is 9.55. The second-order valence-corrected chi connectivity index (χ2v) is 7.46. The van der Waals surface area contributed by atoms with E-state index in [0.29, 0.717) is 0 Å². The van der Waals surface area contributed by atoms with Crippen LogP contribution in [0.15, 0.2) is 61.2 Å². The van der Waals surface area contributed by atoms with Gasteiger partial charge in [0.2, 0.25) is 0 Å². The van der Waals surface area contributed by atoms with Gasteiger partial charge in [-0.3, -0.25) is 0 Å². The SMILES string of the molecule is C=C(C)CCCCCNC(=C)c1ccc(C)cc1.CCc1ccc(F)cc1C. The maximum absolute atomic E-state index is 12.5. The standard InChI is InChI=1S/C17H25N.C9H11F/c1-14(2)8-6-5-7-13-18-16(4)17-11-9-15(3)10-12-17;1-3-8-4-5-9(10)6-7(8)2/h9-12,18H,1,4-8,13H2,2-3H3;4-6H,3H2,1-2H3. The first-order valence-electron chi connectivity index (χ1n) is 10.2. The van der Waals surface area contributed by atoms with Crippen LogP contribution in [0, 0.1) is 19.7 Å². The predicted molar refractivity (Wildman–Crippen MR) is 122 cm³/mol. The minimum absolute atomic E-state index is 0.144. The van der Waals surface area contributed by atoms with Gasteiger partial charge in [0.25, 0.3) is 0 Å². The van der Waals surface area contributed by atoms with Crippen LogP contribution in [-0.4, -0.2) is 6.54 Å². The molecule has 2 rings (SSSR count). The van der Waals surface area contributed by atoms with Crippen molar-refractivity contribution < 1.29 is 4.39 Å². The van der Waals surface area contributed by atoms with Crippen LogP contribution in [0.1, 0.15) is 61.8 Å². The largest absolute Gasteiger partial charge is 0.385 e. The van der Waals surface area contributed by atoms with E-state index in [9.17, 15) is 4.39 Å². The number of hydrogen-bond donors (Lipinski definition) is 1. The molecular weight excluding hydrogens is 345 g/mol. The van der Waals surface area contributed by atoms with Crippen molar-refractivity contribution in [3.05, 3.63) is 89.3 Å². The molecule has 0 fully saturated rings. The van der Waals surface area contributed by atoms with Crippen LogP contribution in [0.3, 0.4) is 0 Å². The quantitative estimate of drug-likeness (QED) is 0.353. The molecule has 0 atom stereocenters. The number of nitrogens with one attached hydrogen (secondary N) is 1. The highest BCUT2D eigenvalue weighted by Gasteiger charge is 1.98. The first kappa shape index (κ1) is 23.7. The smallest absolute Gasteiger partial charge is 0.123 e. The van der Waals surface area contributed by atoms with E-state index in [-0.39, 0.29) is 5.82 Å². The van der Waals surface area contributed by atoms with Gasteiger partial charge in [0.05, 0.1) is 0 Å². The summed E-state index contributed by atoms with van der Waals surface area (Å²) in [5.41, 5.74) is 7.04. The maximum atomic E-state index is 12.5. The Bertz CT molecular complexity index is 744. The molecule has 0 saturated heterocycles. The van der Waals surface area contributed by atoms with E-state index in [1.807, 2.05) is 13.0 Å². The lowest BCUT2D eigenvalue weighted by atomic mass is 10.1.